The van der Waals surface area contributed by atoms with Crippen LogP contribution in [0.25, 0.3) is 0 Å². The Morgan fingerprint density at radius 2 is 1.55 bits per heavy atom. The maximum atomic E-state index is 13.4. The quantitative estimate of drug-likeness (QED) is 0.542. The second-order valence-electron chi connectivity index (χ2n) is 6.56. The van der Waals surface area contributed by atoms with Crippen LogP contribution in [0.3, 0.4) is 0 Å². The molecule has 29 heavy (non-hydrogen) atoms. The maximum absolute atomic E-state index is 13.4. The number of hydrogen-bond donors (Lipinski definition) is 1. The third-order valence-electron chi connectivity index (χ3n) is 4.78. The zero-order chi connectivity index (χ0) is 20.5. The van der Waals surface area contributed by atoms with E-state index in [0.29, 0.717) is 16.8 Å². The smallest absolute Gasteiger partial charge is 0.294 e. The summed E-state index contributed by atoms with van der Waals surface area (Å²) in [4.78, 5) is 27.5. The van der Waals surface area contributed by atoms with E-state index in [1.54, 1.807) is 54.6 Å². The zero-order valence-corrected chi connectivity index (χ0v) is 16.6. The zero-order valence-electron chi connectivity index (χ0n) is 15.0. The molecule has 0 aliphatic carbocycles. The number of amides is 1. The molecule has 0 fully saturated rings. The number of nitrogens with zero attached hydrogens (tertiary/aromatic N) is 1. The Balaban J connectivity index is 1.87. The Labute approximate surface area is 175 Å². The lowest BCUT2D eigenvalue weighted by Gasteiger charge is -2.27. The average Bonchev–Trinajstić information content (AvgIpc) is 3.00. The van der Waals surface area contributed by atoms with Crippen molar-refractivity contribution in [2.75, 3.05) is 4.90 Å². The van der Waals surface area contributed by atoms with Gasteiger partial charge in [-0.25, -0.2) is 4.39 Å². The summed E-state index contributed by atoms with van der Waals surface area (Å²) >= 11 is 3.38. The summed E-state index contributed by atoms with van der Waals surface area (Å²) < 4.78 is 14.3. The fourth-order valence-corrected chi connectivity index (χ4v) is 3.68. The minimum Gasteiger partial charge on any atom is -0.503 e. The minimum atomic E-state index is -0.839. The number of carbonyl (C=O) groups excluding carboxylic acids is 2. The molecule has 4 nitrogen and oxygen atoms in total. The Morgan fingerprint density at radius 1 is 0.931 bits per heavy atom. The van der Waals surface area contributed by atoms with Crippen LogP contribution in [0.5, 0.6) is 0 Å². The number of hydrogen-bond acceptors (Lipinski definition) is 3. The van der Waals surface area contributed by atoms with Crippen LogP contribution >= 0.6 is 15.9 Å². The summed E-state index contributed by atoms with van der Waals surface area (Å²) in [5.41, 5.74) is 1.39. The van der Waals surface area contributed by atoms with Crippen LogP contribution in [0.2, 0.25) is 0 Å². The number of ketones is 1. The number of anilines is 1. The molecule has 4 rings (SSSR count). The van der Waals surface area contributed by atoms with Crippen LogP contribution in [-0.2, 0) is 4.79 Å². The Bertz CT molecular complexity index is 1110. The van der Waals surface area contributed by atoms with Crippen molar-refractivity contribution in [2.24, 2.45) is 0 Å². The van der Waals surface area contributed by atoms with E-state index in [4.69, 9.17) is 0 Å². The predicted molar refractivity (Wildman–Crippen MR) is 111 cm³/mol. The van der Waals surface area contributed by atoms with Crippen LogP contribution in [0.1, 0.15) is 22.0 Å². The largest absolute Gasteiger partial charge is 0.503 e. The van der Waals surface area contributed by atoms with E-state index in [1.807, 2.05) is 0 Å². The van der Waals surface area contributed by atoms with E-state index in [2.05, 4.69) is 15.9 Å². The van der Waals surface area contributed by atoms with Crippen LogP contribution in [0, 0.1) is 5.82 Å². The standard InChI is InChI=1S/C23H15BrFNO3/c24-16-8-6-14(7-9-16)20-19(21(27)15-4-2-1-3-5-15)22(28)23(29)26(20)18-12-10-17(25)11-13-18/h1-13,20,28H. The summed E-state index contributed by atoms with van der Waals surface area (Å²) in [5.74, 6) is -2.19. The van der Waals surface area contributed by atoms with Crippen molar-refractivity contribution < 1.29 is 19.1 Å². The Kier molecular flexibility index (Phi) is 5.03. The molecule has 3 aromatic rings. The number of aliphatic hydroxyl groups is 1. The maximum Gasteiger partial charge on any atom is 0.294 e. The first-order chi connectivity index (χ1) is 14.0. The lowest BCUT2D eigenvalue weighted by atomic mass is 9.92. The molecule has 1 amide bonds. The van der Waals surface area contributed by atoms with Crippen molar-refractivity contribution in [1.82, 2.24) is 0 Å². The molecule has 1 aliphatic heterocycles. The summed E-state index contributed by atoms with van der Waals surface area (Å²) in [6.07, 6.45) is 0. The van der Waals surface area contributed by atoms with Crippen molar-refractivity contribution in [3.8, 4) is 0 Å². The first-order valence-electron chi connectivity index (χ1n) is 8.85. The number of carbonyl (C=O) groups is 2. The van der Waals surface area contributed by atoms with Crippen LogP contribution < -0.4 is 4.90 Å². The van der Waals surface area contributed by atoms with Gasteiger partial charge in [0.05, 0.1) is 11.6 Å². The van der Waals surface area contributed by atoms with Gasteiger partial charge in [0.1, 0.15) is 5.82 Å². The Morgan fingerprint density at radius 3 is 2.17 bits per heavy atom. The first-order valence-corrected chi connectivity index (χ1v) is 9.64. The number of aliphatic hydroxyl groups excluding tert-OH is 1. The normalized spacial score (nSPS) is 16.4. The second kappa shape index (κ2) is 7.64. The van der Waals surface area contributed by atoms with E-state index in [9.17, 15) is 19.1 Å². The number of Topliss-reactive ketones (excluding diaryl/α,β-unsaturated/α-hetero) is 1. The van der Waals surface area contributed by atoms with E-state index in [1.165, 1.54) is 29.2 Å². The third kappa shape index (κ3) is 3.47. The number of halogens is 2. The molecule has 0 bridgehead atoms. The predicted octanol–water partition coefficient (Wildman–Crippen LogP) is 5.37. The van der Waals surface area contributed by atoms with Gasteiger partial charge >= 0.3 is 0 Å². The molecular formula is C23H15BrFNO3. The van der Waals surface area contributed by atoms with Crippen LogP contribution in [0.4, 0.5) is 10.1 Å². The van der Waals surface area contributed by atoms with Gasteiger partial charge in [-0.1, -0.05) is 58.4 Å². The van der Waals surface area contributed by atoms with Gasteiger partial charge in [-0.3, -0.25) is 14.5 Å². The molecule has 1 aliphatic rings. The molecule has 0 aromatic heterocycles. The van der Waals surface area contributed by atoms with Gasteiger partial charge in [0.15, 0.2) is 11.5 Å². The van der Waals surface area contributed by atoms with Crippen molar-refractivity contribution in [1.29, 1.82) is 0 Å². The Hall–Kier alpha value is -3.25. The topological polar surface area (TPSA) is 57.6 Å². The van der Waals surface area contributed by atoms with E-state index in [-0.39, 0.29) is 5.57 Å². The molecular weight excluding hydrogens is 437 g/mol. The summed E-state index contributed by atoms with van der Waals surface area (Å²) in [6, 6.07) is 20.1. The fourth-order valence-electron chi connectivity index (χ4n) is 3.41. The number of benzene rings is 3. The van der Waals surface area contributed by atoms with Gasteiger partial charge in [0, 0.05) is 15.7 Å². The van der Waals surface area contributed by atoms with E-state index < -0.39 is 29.3 Å². The van der Waals surface area contributed by atoms with Crippen molar-refractivity contribution >= 4 is 33.3 Å². The van der Waals surface area contributed by atoms with Gasteiger partial charge in [-0.15, -0.1) is 0 Å². The van der Waals surface area contributed by atoms with Gasteiger partial charge in [0.2, 0.25) is 0 Å². The van der Waals surface area contributed by atoms with Crippen molar-refractivity contribution in [3.63, 3.8) is 0 Å². The van der Waals surface area contributed by atoms with Crippen molar-refractivity contribution in [3.05, 3.63) is 112 Å². The summed E-state index contributed by atoms with van der Waals surface area (Å²) in [5, 5.41) is 10.6. The van der Waals surface area contributed by atoms with Gasteiger partial charge in [-0.05, 0) is 42.0 Å². The molecule has 1 N–H and O–H groups in total. The van der Waals surface area contributed by atoms with Crippen LogP contribution in [0.15, 0.2) is 94.7 Å². The summed E-state index contributed by atoms with van der Waals surface area (Å²) in [7, 11) is 0. The van der Waals surface area contributed by atoms with Crippen molar-refractivity contribution in [2.45, 2.75) is 6.04 Å². The molecule has 1 heterocycles. The molecule has 144 valence electrons. The highest BCUT2D eigenvalue weighted by Gasteiger charge is 2.44. The molecule has 0 saturated carbocycles. The fraction of sp³-hybridized carbons (Fsp3) is 0.0435. The molecule has 6 heteroatoms. The highest BCUT2D eigenvalue weighted by atomic mass is 79.9. The lowest BCUT2D eigenvalue weighted by Crippen LogP contribution is -2.31. The van der Waals surface area contributed by atoms with Crippen LogP contribution in [-0.4, -0.2) is 16.8 Å². The van der Waals surface area contributed by atoms with Gasteiger partial charge in [0.25, 0.3) is 5.91 Å². The molecule has 1 unspecified atom stereocenters. The molecule has 3 aromatic carbocycles. The second-order valence-corrected chi connectivity index (χ2v) is 7.48. The number of rotatable bonds is 4. The van der Waals surface area contributed by atoms with E-state index in [0.717, 1.165) is 4.47 Å². The average molecular weight is 452 g/mol. The monoisotopic (exact) mass is 451 g/mol. The first kappa shape index (κ1) is 19.1. The minimum absolute atomic E-state index is 0.00662. The third-order valence-corrected chi connectivity index (χ3v) is 5.31. The van der Waals surface area contributed by atoms with Gasteiger partial charge < -0.3 is 5.11 Å². The molecule has 1 atom stereocenters. The molecule has 0 radical (unpaired) electrons. The van der Waals surface area contributed by atoms with Gasteiger partial charge in [-0.2, -0.15) is 0 Å². The molecule has 0 saturated heterocycles. The van der Waals surface area contributed by atoms with E-state index >= 15 is 0 Å². The highest BCUT2D eigenvalue weighted by molar-refractivity contribution is 9.10. The molecule has 0 spiro atoms. The lowest BCUT2D eigenvalue weighted by molar-refractivity contribution is -0.117. The highest BCUT2D eigenvalue weighted by Crippen LogP contribution is 2.42. The SMILES string of the molecule is O=C(C1=C(O)C(=O)N(c2ccc(F)cc2)C1c1ccc(Br)cc1)c1ccccc1. The summed E-state index contributed by atoms with van der Waals surface area (Å²) in [6.45, 7) is 0.